The monoisotopic (exact) mass is 382 g/mol. The third kappa shape index (κ3) is 5.13. The van der Waals surface area contributed by atoms with Crippen molar-refractivity contribution in [2.45, 2.75) is 64.4 Å². The summed E-state index contributed by atoms with van der Waals surface area (Å²) < 4.78 is 44.5. The predicted octanol–water partition coefficient (Wildman–Crippen LogP) is 5.98. The van der Waals surface area contributed by atoms with Crippen molar-refractivity contribution >= 4 is 0 Å². The molecule has 3 rings (SSSR count). The van der Waals surface area contributed by atoms with E-state index in [1.54, 1.807) is 0 Å². The van der Waals surface area contributed by atoms with Gasteiger partial charge >= 0.3 is 0 Å². The number of hydrogen-bond donors (Lipinski definition) is 0. The minimum atomic E-state index is -0.909. The van der Waals surface area contributed by atoms with Crippen LogP contribution < -0.4 is 0 Å². The topological polar surface area (TPSA) is 27.7 Å². The van der Waals surface area contributed by atoms with E-state index < -0.39 is 11.7 Å². The average Bonchev–Trinajstić information content (AvgIpc) is 2.70. The quantitative estimate of drug-likeness (QED) is 0.529. The van der Waals surface area contributed by atoms with E-state index in [2.05, 4.69) is 19.1 Å². The number of allylic oxidation sites excluding steroid dienone is 5. The van der Waals surface area contributed by atoms with Gasteiger partial charge in [0.2, 0.25) is 0 Å². The first-order chi connectivity index (χ1) is 13.1. The Morgan fingerprint density at radius 3 is 2.33 bits per heavy atom. The first kappa shape index (κ1) is 20.4. The van der Waals surface area contributed by atoms with Crippen molar-refractivity contribution in [3.63, 3.8) is 0 Å². The van der Waals surface area contributed by atoms with Crippen LogP contribution in [0.4, 0.5) is 8.78 Å². The summed E-state index contributed by atoms with van der Waals surface area (Å²) in [7, 11) is 1.36. The Bertz CT molecular complexity index is 580. The van der Waals surface area contributed by atoms with E-state index in [1.807, 2.05) is 0 Å². The summed E-state index contributed by atoms with van der Waals surface area (Å²) in [6.45, 7) is 3.37. The van der Waals surface area contributed by atoms with Crippen molar-refractivity contribution in [1.82, 2.24) is 0 Å². The Hall–Kier alpha value is -1.36. The first-order valence-corrected chi connectivity index (χ1v) is 10.3. The second kappa shape index (κ2) is 9.72. The third-order valence-corrected chi connectivity index (χ3v) is 6.23. The Morgan fingerprint density at radius 2 is 1.70 bits per heavy atom. The van der Waals surface area contributed by atoms with Gasteiger partial charge in [0, 0.05) is 18.8 Å². The van der Waals surface area contributed by atoms with Crippen molar-refractivity contribution in [2.24, 2.45) is 17.8 Å². The van der Waals surface area contributed by atoms with Crippen LogP contribution in [0, 0.1) is 17.8 Å². The van der Waals surface area contributed by atoms with Gasteiger partial charge < -0.3 is 14.2 Å². The Morgan fingerprint density at radius 1 is 1.00 bits per heavy atom. The summed E-state index contributed by atoms with van der Waals surface area (Å²) in [5, 5.41) is 0. The minimum Gasteiger partial charge on any atom is -0.498 e. The highest BCUT2D eigenvalue weighted by atomic mass is 19.2. The number of methoxy groups -OCH3 is 1. The van der Waals surface area contributed by atoms with Crippen molar-refractivity contribution in [1.29, 1.82) is 0 Å². The van der Waals surface area contributed by atoms with Gasteiger partial charge in [-0.2, -0.15) is 8.78 Å². The predicted molar refractivity (Wildman–Crippen MR) is 101 cm³/mol. The fraction of sp³-hybridized carbons (Fsp3) is 0.727. The van der Waals surface area contributed by atoms with Crippen LogP contribution in [-0.2, 0) is 14.2 Å². The van der Waals surface area contributed by atoms with Gasteiger partial charge in [0.1, 0.15) is 11.5 Å². The lowest BCUT2D eigenvalue weighted by molar-refractivity contribution is -0.0514. The summed E-state index contributed by atoms with van der Waals surface area (Å²) in [5.41, 5.74) is 0. The molecule has 1 saturated heterocycles. The van der Waals surface area contributed by atoms with Crippen molar-refractivity contribution < 1.29 is 23.0 Å². The molecule has 1 heterocycles. The van der Waals surface area contributed by atoms with Crippen LogP contribution in [0.15, 0.2) is 35.3 Å². The number of rotatable bonds is 6. The highest BCUT2D eigenvalue weighted by Gasteiger charge is 2.32. The van der Waals surface area contributed by atoms with Crippen molar-refractivity contribution in [2.75, 3.05) is 20.3 Å². The van der Waals surface area contributed by atoms with Crippen LogP contribution >= 0.6 is 0 Å². The molecule has 27 heavy (non-hydrogen) atoms. The maximum absolute atomic E-state index is 14.0. The molecule has 0 amide bonds. The minimum absolute atomic E-state index is 0.0736. The number of halogens is 2. The van der Waals surface area contributed by atoms with Crippen LogP contribution in [0.3, 0.4) is 0 Å². The van der Waals surface area contributed by atoms with Gasteiger partial charge in [0.15, 0.2) is 11.7 Å². The summed E-state index contributed by atoms with van der Waals surface area (Å²) >= 11 is 0. The van der Waals surface area contributed by atoms with Crippen LogP contribution in [0.2, 0.25) is 0 Å². The molecule has 152 valence electrons. The molecule has 0 aromatic rings. The third-order valence-electron chi connectivity index (χ3n) is 6.23. The SMILES string of the molecule is C/C=C/C1CCC(C2CCC(COC3=C(F)C(F)=C(OC)CC3)CC2)OC1. The smallest absolute Gasteiger partial charge is 0.199 e. The summed E-state index contributed by atoms with van der Waals surface area (Å²) in [5.74, 6) is 0.0272. The van der Waals surface area contributed by atoms with E-state index >= 15 is 0 Å². The highest BCUT2D eigenvalue weighted by molar-refractivity contribution is 5.29. The molecule has 5 heteroatoms. The normalized spacial score (nSPS) is 32.9. The van der Waals surface area contributed by atoms with Gasteiger partial charge in [-0.15, -0.1) is 0 Å². The second-order valence-corrected chi connectivity index (χ2v) is 8.01. The second-order valence-electron chi connectivity index (χ2n) is 8.01. The molecule has 1 aliphatic heterocycles. The maximum atomic E-state index is 14.0. The number of hydrogen-bond acceptors (Lipinski definition) is 3. The van der Waals surface area contributed by atoms with Crippen LogP contribution in [0.5, 0.6) is 0 Å². The van der Waals surface area contributed by atoms with E-state index in [0.717, 1.165) is 38.7 Å². The molecule has 3 aliphatic rings. The van der Waals surface area contributed by atoms with Gasteiger partial charge in [0.25, 0.3) is 0 Å². The summed E-state index contributed by atoms with van der Waals surface area (Å²) in [6, 6.07) is 0. The fourth-order valence-corrected chi connectivity index (χ4v) is 4.55. The molecule has 0 aromatic heterocycles. The Labute approximate surface area is 161 Å². The van der Waals surface area contributed by atoms with E-state index in [-0.39, 0.29) is 11.5 Å². The Kier molecular flexibility index (Phi) is 7.33. The molecular formula is C22H32F2O3. The van der Waals surface area contributed by atoms with Gasteiger partial charge in [0.05, 0.1) is 26.4 Å². The van der Waals surface area contributed by atoms with Gasteiger partial charge in [-0.1, -0.05) is 12.2 Å². The first-order valence-electron chi connectivity index (χ1n) is 10.3. The standard InChI is InChI=1S/C22H32F2O3/c1-3-4-15-7-10-18(26-13-15)17-8-5-16(6-9-17)14-27-20-12-11-19(25-2)21(23)22(20)24/h3-4,15-18H,5-14H2,1-2H3/b4-3+. The average molecular weight is 382 g/mol. The highest BCUT2D eigenvalue weighted by Crippen LogP contribution is 2.38. The molecule has 2 atom stereocenters. The van der Waals surface area contributed by atoms with Crippen LogP contribution in [0.1, 0.15) is 58.3 Å². The molecular weight excluding hydrogens is 350 g/mol. The molecule has 0 N–H and O–H groups in total. The largest absolute Gasteiger partial charge is 0.498 e. The van der Waals surface area contributed by atoms with Crippen molar-refractivity contribution in [3.05, 3.63) is 35.3 Å². The fourth-order valence-electron chi connectivity index (χ4n) is 4.55. The molecule has 0 aromatic carbocycles. The molecule has 2 aliphatic carbocycles. The number of ether oxygens (including phenoxy) is 3. The van der Waals surface area contributed by atoms with Crippen molar-refractivity contribution in [3.8, 4) is 0 Å². The molecule has 0 radical (unpaired) electrons. The van der Waals surface area contributed by atoms with E-state index in [0.29, 0.717) is 43.3 Å². The molecule has 3 nitrogen and oxygen atoms in total. The molecule has 0 bridgehead atoms. The van der Waals surface area contributed by atoms with Gasteiger partial charge in [-0.3, -0.25) is 0 Å². The zero-order chi connectivity index (χ0) is 19.2. The lowest BCUT2D eigenvalue weighted by atomic mass is 9.77. The Balaban J connectivity index is 1.42. The van der Waals surface area contributed by atoms with E-state index in [1.165, 1.54) is 13.5 Å². The van der Waals surface area contributed by atoms with Gasteiger partial charge in [-0.25, -0.2) is 0 Å². The molecule has 0 spiro atoms. The summed E-state index contributed by atoms with van der Waals surface area (Å²) in [6.07, 6.45) is 12.2. The van der Waals surface area contributed by atoms with E-state index in [4.69, 9.17) is 14.2 Å². The summed E-state index contributed by atoms with van der Waals surface area (Å²) in [4.78, 5) is 0. The lowest BCUT2D eigenvalue weighted by Gasteiger charge is -2.37. The molecule has 2 fully saturated rings. The van der Waals surface area contributed by atoms with Gasteiger partial charge in [-0.05, 0) is 57.3 Å². The zero-order valence-electron chi connectivity index (χ0n) is 16.5. The zero-order valence-corrected chi connectivity index (χ0v) is 16.5. The molecule has 2 unspecified atom stereocenters. The lowest BCUT2D eigenvalue weighted by Crippen LogP contribution is -2.34. The van der Waals surface area contributed by atoms with E-state index in [9.17, 15) is 8.78 Å². The van der Waals surface area contributed by atoms with Crippen LogP contribution in [0.25, 0.3) is 0 Å². The van der Waals surface area contributed by atoms with Crippen LogP contribution in [-0.4, -0.2) is 26.4 Å². The molecule has 1 saturated carbocycles. The maximum Gasteiger partial charge on any atom is 0.199 e.